The van der Waals surface area contributed by atoms with Crippen LogP contribution >= 0.6 is 8.53 Å². The second kappa shape index (κ2) is 12.6. The van der Waals surface area contributed by atoms with Gasteiger partial charge in [0.15, 0.2) is 11.9 Å². The average molecular weight is 580 g/mol. The van der Waals surface area contributed by atoms with Crippen LogP contribution in [-0.4, -0.2) is 95.9 Å². The highest BCUT2D eigenvalue weighted by Gasteiger charge is 2.52. The van der Waals surface area contributed by atoms with Crippen LogP contribution in [0.1, 0.15) is 51.4 Å². The van der Waals surface area contributed by atoms with Crippen LogP contribution in [0.3, 0.4) is 0 Å². The Bertz CT molecular complexity index is 1140. The molecule has 14 heteroatoms. The van der Waals surface area contributed by atoms with E-state index in [1.807, 2.05) is 6.07 Å². The lowest BCUT2D eigenvalue weighted by molar-refractivity contribution is -0.0840. The summed E-state index contributed by atoms with van der Waals surface area (Å²) in [5.41, 5.74) is 4.20. The van der Waals surface area contributed by atoms with Gasteiger partial charge in [-0.15, -0.1) is 0 Å². The number of carbonyl (C=O) groups is 2. The molecule has 6 atom stereocenters. The zero-order valence-corrected chi connectivity index (χ0v) is 24.0. The molecule has 220 valence electrons. The third kappa shape index (κ3) is 6.36. The molecule has 2 aliphatic rings. The molecule has 0 radical (unpaired) electrons. The highest BCUT2D eigenvalue weighted by Crippen LogP contribution is 2.42. The molecule has 1 fully saturated rings. The summed E-state index contributed by atoms with van der Waals surface area (Å²) in [5, 5.41) is 33.4. The zero-order valence-electron chi connectivity index (χ0n) is 23.1. The van der Waals surface area contributed by atoms with Crippen LogP contribution in [0, 0.1) is 11.3 Å². The van der Waals surface area contributed by atoms with Gasteiger partial charge in [-0.2, -0.15) is 5.26 Å². The fourth-order valence-corrected chi connectivity index (χ4v) is 6.20. The first-order valence-corrected chi connectivity index (χ1v) is 14.0. The Morgan fingerprint density at radius 3 is 2.50 bits per heavy atom. The van der Waals surface area contributed by atoms with E-state index < -0.39 is 68.8 Å². The van der Waals surface area contributed by atoms with E-state index >= 15 is 0 Å². The molecular formula is C26H38N5O8P. The Kier molecular flexibility index (Phi) is 10.1. The van der Waals surface area contributed by atoms with E-state index in [1.165, 1.54) is 10.9 Å². The number of urea groups is 1. The van der Waals surface area contributed by atoms with Crippen LogP contribution in [0.5, 0.6) is 0 Å². The summed E-state index contributed by atoms with van der Waals surface area (Å²) in [4.78, 5) is 47.1. The van der Waals surface area contributed by atoms with E-state index in [-0.39, 0.29) is 18.0 Å². The number of nitrogens with two attached hydrogens (primary N) is 1. The number of nitriles is 1. The van der Waals surface area contributed by atoms with Crippen molar-refractivity contribution in [3.05, 3.63) is 47.7 Å². The summed E-state index contributed by atoms with van der Waals surface area (Å²) in [5.74, 6) is -0.526. The van der Waals surface area contributed by atoms with Crippen LogP contribution in [0.15, 0.2) is 42.1 Å². The van der Waals surface area contributed by atoms with Gasteiger partial charge in [0.1, 0.15) is 24.4 Å². The summed E-state index contributed by atoms with van der Waals surface area (Å²) >= 11 is 0. The minimum absolute atomic E-state index is 0.0359. The number of hydrogen-bond donors (Lipinski definition) is 6. The summed E-state index contributed by atoms with van der Waals surface area (Å²) in [6.45, 7) is 8.01. The van der Waals surface area contributed by atoms with Crippen LogP contribution in [0.2, 0.25) is 0 Å². The molecule has 1 aromatic rings. The van der Waals surface area contributed by atoms with E-state index in [0.717, 1.165) is 4.90 Å². The number of ether oxygens (including phenoxy) is 2. The number of hydrogen-bond acceptors (Lipinski definition) is 11. The largest absolute Gasteiger partial charge is 0.394 e. The molecule has 2 aliphatic heterocycles. The van der Waals surface area contributed by atoms with Crippen molar-refractivity contribution in [2.45, 2.75) is 88.9 Å². The quantitative estimate of drug-likeness (QED) is 0.161. The van der Waals surface area contributed by atoms with Gasteiger partial charge in [0.25, 0.3) is 8.53 Å². The monoisotopic (exact) mass is 579 g/mol. The maximum Gasteiger partial charge on any atom is 0.325 e. The smallest absolute Gasteiger partial charge is 0.325 e. The summed E-state index contributed by atoms with van der Waals surface area (Å²) in [6.07, 6.45) is -4.90. The fraction of sp³-hybridized carbons (Fsp3) is 0.577. The Morgan fingerprint density at radius 2 is 1.98 bits per heavy atom. The van der Waals surface area contributed by atoms with Crippen molar-refractivity contribution in [2.24, 2.45) is 5.73 Å². The predicted molar refractivity (Wildman–Crippen MR) is 145 cm³/mol. The van der Waals surface area contributed by atoms with Crippen molar-refractivity contribution in [3.8, 4) is 6.07 Å². The molecule has 3 rings (SSSR count). The third-order valence-corrected chi connectivity index (χ3v) is 8.49. The van der Waals surface area contributed by atoms with Crippen molar-refractivity contribution in [1.29, 1.82) is 5.26 Å². The minimum atomic E-state index is -2.45. The van der Waals surface area contributed by atoms with Gasteiger partial charge in [-0.3, -0.25) is 15.4 Å². The topological polar surface area (TPSA) is 202 Å². The van der Waals surface area contributed by atoms with Gasteiger partial charge in [0.2, 0.25) is 5.78 Å². The lowest BCUT2D eigenvalue weighted by atomic mass is 9.91. The van der Waals surface area contributed by atoms with Crippen molar-refractivity contribution < 1.29 is 39.1 Å². The molecule has 0 spiro atoms. The van der Waals surface area contributed by atoms with Gasteiger partial charge in [-0.05, 0) is 40.2 Å². The molecule has 1 aromatic carbocycles. The number of rotatable bonds is 11. The molecule has 1 saturated heterocycles. The Hall–Kier alpha value is -2.50. The van der Waals surface area contributed by atoms with Gasteiger partial charge >= 0.3 is 6.03 Å². The predicted octanol–water partition coefficient (Wildman–Crippen LogP) is 0.899. The number of Topliss-reactive ketones (excluding diaryl/α,β-unsaturated/α-hetero) is 1. The highest BCUT2D eigenvalue weighted by atomic mass is 31.2. The standard InChI is InChI=1S/C26H38N5O8P/c1-15(2)31(40(36)37)25(4,5)11-18(12-27)38-21-19(14-32)39-23(20(21)33)30-13-16(3)26(28,29-24(30)35)22(34)17-9-7-6-8-10-17/h6-10,13,15,18-21,23,32-33,36-37H,11,14,28H2,1-5H3,(H,29,35)/t18?,19-,20-,21-,23-,26?/m1/s1. The highest BCUT2D eigenvalue weighted by molar-refractivity contribution is 7.42. The normalized spacial score (nSPS) is 28.1. The number of nitrogens with zero attached hydrogens (tertiary/aromatic N) is 3. The van der Waals surface area contributed by atoms with Crippen LogP contribution in [-0.2, 0) is 9.47 Å². The number of aliphatic hydroxyl groups excluding tert-OH is 2. The lowest BCUT2D eigenvalue weighted by Crippen LogP contribution is -2.68. The van der Waals surface area contributed by atoms with E-state index in [4.69, 9.17) is 15.2 Å². The molecule has 2 unspecified atom stereocenters. The van der Waals surface area contributed by atoms with E-state index in [9.17, 15) is 34.9 Å². The molecule has 0 saturated carbocycles. The maximum absolute atomic E-state index is 13.1. The Labute approximate surface area is 234 Å². The van der Waals surface area contributed by atoms with Gasteiger partial charge in [0.05, 0.1) is 12.7 Å². The first kappa shape index (κ1) is 32.0. The van der Waals surface area contributed by atoms with Gasteiger partial charge in [0, 0.05) is 29.8 Å². The van der Waals surface area contributed by atoms with E-state index in [2.05, 4.69) is 5.32 Å². The van der Waals surface area contributed by atoms with Crippen LogP contribution in [0.25, 0.3) is 0 Å². The summed E-state index contributed by atoms with van der Waals surface area (Å²) in [7, 11) is -2.45. The molecule has 13 nitrogen and oxygen atoms in total. The average Bonchev–Trinajstić information content (AvgIpc) is 3.19. The number of ketones is 1. The summed E-state index contributed by atoms with van der Waals surface area (Å²) < 4.78 is 13.1. The fourth-order valence-electron chi connectivity index (χ4n) is 5.22. The van der Waals surface area contributed by atoms with Crippen molar-refractivity contribution >= 4 is 20.3 Å². The molecule has 0 aliphatic carbocycles. The molecule has 40 heavy (non-hydrogen) atoms. The van der Waals surface area contributed by atoms with Crippen molar-refractivity contribution in [3.63, 3.8) is 0 Å². The molecule has 0 bridgehead atoms. The first-order valence-electron chi connectivity index (χ1n) is 12.8. The first-order chi connectivity index (χ1) is 18.7. The Balaban J connectivity index is 1.81. The van der Waals surface area contributed by atoms with Gasteiger partial charge < -0.3 is 34.8 Å². The molecule has 2 heterocycles. The lowest BCUT2D eigenvalue weighted by Gasteiger charge is -2.42. The van der Waals surface area contributed by atoms with Gasteiger partial charge in [-0.25, -0.2) is 9.46 Å². The molecular weight excluding hydrogens is 541 g/mol. The Morgan fingerprint density at radius 1 is 1.35 bits per heavy atom. The second-order valence-electron chi connectivity index (χ2n) is 10.8. The molecule has 2 amide bonds. The van der Waals surface area contributed by atoms with Gasteiger partial charge in [-0.1, -0.05) is 30.3 Å². The molecule has 0 aromatic heterocycles. The number of nitrogens with one attached hydrogen (secondary N) is 1. The maximum atomic E-state index is 13.1. The SMILES string of the molecule is CC1=CN([C@@H]2O[C@H](CO)[C@@H](OC(C#N)CC(C)(C)N(C(C)C)P(O)O)[C@H]2O)C(=O)NC1(N)C(=O)c1ccccc1. The number of aliphatic hydroxyl groups is 2. The number of carbonyl (C=O) groups excluding carboxylic acids is 2. The zero-order chi connectivity index (χ0) is 30.0. The van der Waals surface area contributed by atoms with E-state index in [0.29, 0.717) is 5.56 Å². The second-order valence-corrected chi connectivity index (χ2v) is 11.8. The van der Waals surface area contributed by atoms with Crippen LogP contribution in [0.4, 0.5) is 4.79 Å². The third-order valence-electron chi connectivity index (χ3n) is 7.10. The van der Waals surface area contributed by atoms with E-state index in [1.54, 1.807) is 65.0 Å². The summed E-state index contributed by atoms with van der Waals surface area (Å²) in [6, 6.07) is 9.21. The van der Waals surface area contributed by atoms with Crippen molar-refractivity contribution in [2.75, 3.05) is 6.61 Å². The number of benzene rings is 1. The molecule has 7 N–H and O–H groups in total. The van der Waals surface area contributed by atoms with Crippen molar-refractivity contribution in [1.82, 2.24) is 14.9 Å². The number of amides is 2. The van der Waals surface area contributed by atoms with Crippen LogP contribution < -0.4 is 11.1 Å². The minimum Gasteiger partial charge on any atom is -0.394 e.